The van der Waals surface area contributed by atoms with Gasteiger partial charge in [0.2, 0.25) is 5.91 Å². The largest absolute Gasteiger partial charge is 0.465 e. The zero-order chi connectivity index (χ0) is 15.1. The first-order valence-corrected chi connectivity index (χ1v) is 6.96. The van der Waals surface area contributed by atoms with Gasteiger partial charge < -0.3 is 9.64 Å². The van der Waals surface area contributed by atoms with E-state index in [1.165, 1.54) is 4.90 Å². The van der Waals surface area contributed by atoms with Gasteiger partial charge in [-0.1, -0.05) is 23.7 Å². The molecule has 5 heteroatoms. The molecule has 0 aliphatic rings. The number of carbonyl (C=O) groups excluding carboxylic acids is 2. The van der Waals surface area contributed by atoms with E-state index in [0.717, 1.165) is 11.1 Å². The van der Waals surface area contributed by atoms with E-state index in [-0.39, 0.29) is 18.4 Å². The molecule has 0 aromatic heterocycles. The van der Waals surface area contributed by atoms with E-state index in [1.54, 1.807) is 14.0 Å². The lowest BCUT2D eigenvalue weighted by molar-refractivity contribution is -0.148. The third-order valence-electron chi connectivity index (χ3n) is 2.96. The van der Waals surface area contributed by atoms with Crippen molar-refractivity contribution >= 4 is 23.5 Å². The molecule has 0 saturated heterocycles. The number of benzene rings is 1. The Balaban J connectivity index is 2.46. The molecule has 110 valence electrons. The van der Waals surface area contributed by atoms with Crippen LogP contribution in [0.2, 0.25) is 5.02 Å². The van der Waals surface area contributed by atoms with Crippen LogP contribution < -0.4 is 0 Å². The minimum absolute atomic E-state index is 0.0126. The molecule has 0 atom stereocenters. The summed E-state index contributed by atoms with van der Waals surface area (Å²) in [5, 5.41) is 0.704. The second-order valence-corrected chi connectivity index (χ2v) is 5.05. The summed E-state index contributed by atoms with van der Waals surface area (Å²) in [6.45, 7) is 3.98. The van der Waals surface area contributed by atoms with Gasteiger partial charge in [-0.25, -0.2) is 0 Å². The highest BCUT2D eigenvalue weighted by molar-refractivity contribution is 6.31. The highest BCUT2D eigenvalue weighted by Gasteiger charge is 2.13. The second kappa shape index (κ2) is 7.90. The molecular formula is C15H20ClNO3. The van der Waals surface area contributed by atoms with Crippen molar-refractivity contribution in [3.63, 3.8) is 0 Å². The minimum atomic E-state index is -0.387. The SMILES string of the molecule is CCOC(=O)CN(C)C(=O)CCc1ccc(C)c(Cl)c1. The van der Waals surface area contributed by atoms with Gasteiger partial charge in [0.1, 0.15) is 6.54 Å². The molecule has 1 amide bonds. The Morgan fingerprint density at radius 2 is 2.05 bits per heavy atom. The van der Waals surface area contributed by atoms with Crippen LogP contribution in [0, 0.1) is 6.92 Å². The number of rotatable bonds is 6. The maximum Gasteiger partial charge on any atom is 0.325 e. The Morgan fingerprint density at radius 1 is 1.35 bits per heavy atom. The number of hydrogen-bond acceptors (Lipinski definition) is 3. The normalized spacial score (nSPS) is 10.2. The van der Waals surface area contributed by atoms with Gasteiger partial charge in [0, 0.05) is 18.5 Å². The van der Waals surface area contributed by atoms with E-state index in [9.17, 15) is 9.59 Å². The lowest BCUT2D eigenvalue weighted by Crippen LogP contribution is -2.33. The van der Waals surface area contributed by atoms with Crippen molar-refractivity contribution < 1.29 is 14.3 Å². The summed E-state index contributed by atoms with van der Waals surface area (Å²) in [4.78, 5) is 24.6. The summed E-state index contributed by atoms with van der Waals surface area (Å²) < 4.78 is 4.80. The van der Waals surface area contributed by atoms with Crippen LogP contribution in [-0.2, 0) is 20.7 Å². The molecule has 0 saturated carbocycles. The lowest BCUT2D eigenvalue weighted by Gasteiger charge is -2.16. The molecular weight excluding hydrogens is 278 g/mol. The molecule has 0 aliphatic carbocycles. The zero-order valence-corrected chi connectivity index (χ0v) is 12.9. The van der Waals surface area contributed by atoms with Gasteiger partial charge in [0.25, 0.3) is 0 Å². The topological polar surface area (TPSA) is 46.6 Å². The van der Waals surface area contributed by atoms with Gasteiger partial charge in [0.15, 0.2) is 0 Å². The van der Waals surface area contributed by atoms with Crippen molar-refractivity contribution in [3.8, 4) is 0 Å². The third kappa shape index (κ3) is 5.21. The Labute approximate surface area is 124 Å². The Hall–Kier alpha value is -1.55. The Morgan fingerprint density at radius 3 is 2.65 bits per heavy atom. The first kappa shape index (κ1) is 16.5. The van der Waals surface area contributed by atoms with Crippen LogP contribution in [0.4, 0.5) is 0 Å². The summed E-state index contributed by atoms with van der Waals surface area (Å²) in [5.41, 5.74) is 2.03. The molecule has 0 bridgehead atoms. The van der Waals surface area contributed by atoms with Crippen molar-refractivity contribution in [1.29, 1.82) is 0 Å². The van der Waals surface area contributed by atoms with Crippen LogP contribution in [0.15, 0.2) is 18.2 Å². The smallest absolute Gasteiger partial charge is 0.325 e. The number of aryl methyl sites for hydroxylation is 2. The van der Waals surface area contributed by atoms with Crippen molar-refractivity contribution in [3.05, 3.63) is 34.3 Å². The maximum atomic E-state index is 11.9. The maximum absolute atomic E-state index is 11.9. The summed E-state index contributed by atoms with van der Waals surface area (Å²) in [6.07, 6.45) is 0.946. The molecule has 1 rings (SSSR count). The molecule has 4 nitrogen and oxygen atoms in total. The number of esters is 1. The molecule has 1 aromatic rings. The summed E-state index contributed by atoms with van der Waals surface area (Å²) in [5.74, 6) is -0.475. The fourth-order valence-electron chi connectivity index (χ4n) is 1.72. The van der Waals surface area contributed by atoms with Gasteiger partial charge in [-0.3, -0.25) is 9.59 Å². The number of likely N-dealkylation sites (N-methyl/N-ethyl adjacent to an activating group) is 1. The first-order chi connectivity index (χ1) is 9.43. The predicted octanol–water partition coefficient (Wildman–Crippen LogP) is 2.60. The van der Waals surface area contributed by atoms with Gasteiger partial charge in [-0.2, -0.15) is 0 Å². The molecule has 0 fully saturated rings. The van der Waals surface area contributed by atoms with E-state index in [0.29, 0.717) is 24.5 Å². The monoisotopic (exact) mass is 297 g/mol. The Bertz CT molecular complexity index is 488. The van der Waals surface area contributed by atoms with E-state index in [4.69, 9.17) is 16.3 Å². The zero-order valence-electron chi connectivity index (χ0n) is 12.1. The van der Waals surface area contributed by atoms with E-state index < -0.39 is 0 Å². The second-order valence-electron chi connectivity index (χ2n) is 4.64. The van der Waals surface area contributed by atoms with Gasteiger partial charge >= 0.3 is 5.97 Å². The molecule has 0 N–H and O–H groups in total. The number of ether oxygens (including phenoxy) is 1. The highest BCUT2D eigenvalue weighted by atomic mass is 35.5. The number of nitrogens with zero attached hydrogens (tertiary/aromatic N) is 1. The predicted molar refractivity (Wildman–Crippen MR) is 78.8 cm³/mol. The quantitative estimate of drug-likeness (QED) is 0.758. The molecule has 20 heavy (non-hydrogen) atoms. The summed E-state index contributed by atoms with van der Waals surface area (Å²) in [6, 6.07) is 5.76. The molecule has 0 radical (unpaired) electrons. The van der Waals surface area contributed by atoms with Crippen LogP contribution in [0.5, 0.6) is 0 Å². The molecule has 0 heterocycles. The van der Waals surface area contributed by atoms with Crippen LogP contribution in [0.25, 0.3) is 0 Å². The molecule has 0 spiro atoms. The number of hydrogen-bond donors (Lipinski definition) is 0. The van der Waals surface area contributed by atoms with Crippen molar-refractivity contribution in [1.82, 2.24) is 4.90 Å². The van der Waals surface area contributed by atoms with E-state index in [2.05, 4.69) is 0 Å². The number of halogens is 1. The third-order valence-corrected chi connectivity index (χ3v) is 3.37. The first-order valence-electron chi connectivity index (χ1n) is 6.58. The van der Waals surface area contributed by atoms with Crippen LogP contribution in [0.3, 0.4) is 0 Å². The van der Waals surface area contributed by atoms with Crippen molar-refractivity contribution in [2.75, 3.05) is 20.2 Å². The molecule has 0 aliphatic heterocycles. The fraction of sp³-hybridized carbons (Fsp3) is 0.467. The average molecular weight is 298 g/mol. The van der Waals surface area contributed by atoms with Crippen LogP contribution in [0.1, 0.15) is 24.5 Å². The molecule has 0 unspecified atom stereocenters. The van der Waals surface area contributed by atoms with Crippen LogP contribution in [-0.4, -0.2) is 37.0 Å². The van der Waals surface area contributed by atoms with E-state index in [1.807, 2.05) is 25.1 Å². The number of carbonyl (C=O) groups is 2. The van der Waals surface area contributed by atoms with Gasteiger partial charge in [-0.15, -0.1) is 0 Å². The molecule has 1 aromatic carbocycles. The highest BCUT2D eigenvalue weighted by Crippen LogP contribution is 2.17. The van der Waals surface area contributed by atoms with Crippen molar-refractivity contribution in [2.24, 2.45) is 0 Å². The van der Waals surface area contributed by atoms with Gasteiger partial charge in [-0.05, 0) is 37.5 Å². The summed E-state index contributed by atoms with van der Waals surface area (Å²) >= 11 is 6.04. The standard InChI is InChI=1S/C15H20ClNO3/c1-4-20-15(19)10-17(3)14(18)8-7-12-6-5-11(2)13(16)9-12/h5-6,9H,4,7-8,10H2,1-3H3. The Kier molecular flexibility index (Phi) is 6.52. The fourth-order valence-corrected chi connectivity index (χ4v) is 1.93. The number of amides is 1. The minimum Gasteiger partial charge on any atom is -0.465 e. The van der Waals surface area contributed by atoms with E-state index >= 15 is 0 Å². The van der Waals surface area contributed by atoms with Crippen molar-refractivity contribution in [2.45, 2.75) is 26.7 Å². The van der Waals surface area contributed by atoms with Crippen LogP contribution >= 0.6 is 11.6 Å². The van der Waals surface area contributed by atoms with Gasteiger partial charge in [0.05, 0.1) is 6.61 Å². The summed E-state index contributed by atoms with van der Waals surface area (Å²) in [7, 11) is 1.60. The average Bonchev–Trinajstić information content (AvgIpc) is 2.39. The lowest BCUT2D eigenvalue weighted by atomic mass is 10.1.